The van der Waals surface area contributed by atoms with Crippen molar-refractivity contribution in [2.75, 3.05) is 106 Å². The number of cyclic esters (lactones) is 1. The van der Waals surface area contributed by atoms with Crippen LogP contribution in [0.15, 0.2) is 42.5 Å². The minimum atomic E-state index is -4.75. The number of benzene rings is 3. The molecule has 3 aliphatic heterocycles. The van der Waals surface area contributed by atoms with Crippen LogP contribution in [0.25, 0.3) is 0 Å². The Morgan fingerprint density at radius 2 is 0.776 bits per heavy atom. The molecule has 6 rings (SSSR count). The summed E-state index contributed by atoms with van der Waals surface area (Å²) in [5.74, 6) is -1.29. The van der Waals surface area contributed by atoms with Gasteiger partial charge in [0.15, 0.2) is 5.60 Å². The Hall–Kier alpha value is -3.88. The molecule has 0 spiro atoms. The lowest BCUT2D eigenvalue weighted by Crippen LogP contribution is -2.30. The van der Waals surface area contributed by atoms with Crippen LogP contribution in [0.1, 0.15) is 54.9 Å². The highest BCUT2D eigenvalue weighted by molar-refractivity contribution is 5.96. The van der Waals surface area contributed by atoms with Gasteiger partial charge in [0.25, 0.3) is 0 Å². The smallest absolute Gasteiger partial charge is 0.416 e. The minimum Gasteiger partial charge on any atom is -0.507 e. The Morgan fingerprint density at radius 1 is 0.466 bits per heavy atom. The Bertz CT molecular complexity index is 1640. The van der Waals surface area contributed by atoms with Crippen LogP contribution in [-0.2, 0) is 90.3 Å². The van der Waals surface area contributed by atoms with Crippen molar-refractivity contribution >= 4 is 5.97 Å². The standard InChI is InChI=1S/C41H49F3O14/c42-41(43,44)32-1-2-36-35(23-32)39(47)58-40(36,33-19-28-24-54-15-11-50-7-3-48-4-8-51-12-16-55-25-29(20-33)37(28)45)34-21-30-26-56-17-13-52-9-5-49-6-10-53-14-18-57-27-31(22-34)38(30)46/h1-2,19-23,45-46H,3-18,24-27H2. The number of alkyl halides is 3. The predicted octanol–water partition coefficient (Wildman–Crippen LogP) is 4.77. The maximum atomic E-state index is 14.0. The summed E-state index contributed by atoms with van der Waals surface area (Å²) in [4.78, 5) is 13.9. The van der Waals surface area contributed by atoms with E-state index in [0.29, 0.717) is 52.9 Å². The van der Waals surface area contributed by atoms with Gasteiger partial charge in [-0.1, -0.05) is 6.07 Å². The van der Waals surface area contributed by atoms with Gasteiger partial charge in [-0.3, -0.25) is 0 Å². The zero-order valence-corrected chi connectivity index (χ0v) is 32.1. The molecule has 17 heteroatoms. The number of fused-ring (bicyclic) bond motifs is 5. The summed E-state index contributed by atoms with van der Waals surface area (Å²) in [6, 6.07) is 9.19. The van der Waals surface area contributed by atoms with Gasteiger partial charge < -0.3 is 62.3 Å². The van der Waals surface area contributed by atoms with Crippen molar-refractivity contribution < 1.29 is 80.3 Å². The molecule has 4 bridgehead atoms. The van der Waals surface area contributed by atoms with Crippen molar-refractivity contribution in [1.82, 2.24) is 0 Å². The molecular formula is C41H49F3O14. The SMILES string of the molecule is O=C1OC(c2cc3c(O)c(c2)COCCOCCOCCOCCOC3)(c2cc3c(O)c(c2)COCCOCCOCCOCCOC3)c2ccc(C(F)(F)F)cc21. The fraction of sp³-hybridized carbons (Fsp3) is 0.537. The highest BCUT2D eigenvalue weighted by Gasteiger charge is 2.50. The van der Waals surface area contributed by atoms with E-state index >= 15 is 0 Å². The van der Waals surface area contributed by atoms with E-state index in [0.717, 1.165) is 12.1 Å². The van der Waals surface area contributed by atoms with Crippen LogP contribution in [0.5, 0.6) is 11.5 Å². The zero-order chi connectivity index (χ0) is 40.8. The quantitative estimate of drug-likeness (QED) is 0.341. The number of carbonyl (C=O) groups excluding carboxylic acids is 1. The van der Waals surface area contributed by atoms with Crippen LogP contribution < -0.4 is 0 Å². The van der Waals surface area contributed by atoms with E-state index in [9.17, 15) is 28.2 Å². The molecule has 0 radical (unpaired) electrons. The molecule has 58 heavy (non-hydrogen) atoms. The lowest BCUT2D eigenvalue weighted by Gasteiger charge is -2.32. The summed E-state index contributed by atoms with van der Waals surface area (Å²) < 4.78 is 105. The minimum absolute atomic E-state index is 0.108. The molecule has 0 saturated carbocycles. The molecule has 0 unspecified atom stereocenters. The molecule has 2 N–H and O–H groups in total. The van der Waals surface area contributed by atoms with Gasteiger partial charge >= 0.3 is 12.1 Å². The van der Waals surface area contributed by atoms with E-state index in [1.165, 1.54) is 6.07 Å². The second kappa shape index (κ2) is 21.4. The molecule has 0 fully saturated rings. The first kappa shape index (κ1) is 43.7. The third-order valence-electron chi connectivity index (χ3n) is 9.55. The maximum Gasteiger partial charge on any atom is 0.416 e. The molecule has 14 nitrogen and oxygen atoms in total. The molecule has 0 saturated heterocycles. The molecule has 0 amide bonds. The molecule has 0 atom stereocenters. The first-order valence-electron chi connectivity index (χ1n) is 19.1. The summed E-state index contributed by atoms with van der Waals surface area (Å²) in [6.45, 7) is 4.01. The van der Waals surface area contributed by atoms with Gasteiger partial charge in [0, 0.05) is 38.9 Å². The molecular weight excluding hydrogens is 773 g/mol. The number of halogens is 3. The topological polar surface area (TPSA) is 159 Å². The summed E-state index contributed by atoms with van der Waals surface area (Å²) in [7, 11) is 0. The second-order valence-corrected chi connectivity index (χ2v) is 13.5. The van der Waals surface area contributed by atoms with Gasteiger partial charge in [0.05, 0.1) is 143 Å². The van der Waals surface area contributed by atoms with Crippen molar-refractivity contribution in [2.45, 2.75) is 38.2 Å². The Morgan fingerprint density at radius 3 is 1.09 bits per heavy atom. The second-order valence-electron chi connectivity index (χ2n) is 13.5. The first-order valence-corrected chi connectivity index (χ1v) is 19.1. The van der Waals surface area contributed by atoms with Crippen LogP contribution in [-0.4, -0.2) is 122 Å². The van der Waals surface area contributed by atoms with Crippen molar-refractivity contribution in [2.24, 2.45) is 0 Å². The Balaban J connectivity index is 1.47. The van der Waals surface area contributed by atoms with E-state index in [-0.39, 0.29) is 135 Å². The van der Waals surface area contributed by atoms with Gasteiger partial charge in [0.2, 0.25) is 0 Å². The van der Waals surface area contributed by atoms with Crippen LogP contribution in [0.3, 0.4) is 0 Å². The molecule has 0 aliphatic carbocycles. The average Bonchev–Trinajstić information content (AvgIpc) is 3.50. The lowest BCUT2D eigenvalue weighted by molar-refractivity contribution is -0.137. The van der Waals surface area contributed by atoms with Crippen molar-refractivity contribution in [3.05, 3.63) is 92.5 Å². The molecule has 3 aliphatic rings. The number of hydrogen-bond acceptors (Lipinski definition) is 14. The number of esters is 1. The summed E-state index contributed by atoms with van der Waals surface area (Å²) in [5.41, 5.74) is -1.43. The van der Waals surface area contributed by atoms with Crippen molar-refractivity contribution in [3.63, 3.8) is 0 Å². The first-order chi connectivity index (χ1) is 28.2. The van der Waals surface area contributed by atoms with Gasteiger partial charge in [-0.15, -0.1) is 0 Å². The van der Waals surface area contributed by atoms with Gasteiger partial charge in [-0.2, -0.15) is 13.2 Å². The number of phenols is 2. The highest BCUT2D eigenvalue weighted by Crippen LogP contribution is 2.50. The number of phenolic OH excluding ortho intramolecular Hbond substituents is 2. The molecule has 0 aromatic heterocycles. The third kappa shape index (κ3) is 11.2. The number of ether oxygens (including phenoxy) is 11. The zero-order valence-electron chi connectivity index (χ0n) is 32.1. The number of aromatic hydroxyl groups is 2. The van der Waals surface area contributed by atoms with Gasteiger partial charge in [0.1, 0.15) is 11.5 Å². The maximum absolute atomic E-state index is 14.0. The van der Waals surface area contributed by atoms with Crippen LogP contribution in [0.4, 0.5) is 13.2 Å². The third-order valence-corrected chi connectivity index (χ3v) is 9.55. The average molecular weight is 823 g/mol. The van der Waals surface area contributed by atoms with Crippen LogP contribution in [0.2, 0.25) is 0 Å². The summed E-state index contributed by atoms with van der Waals surface area (Å²) in [5, 5.41) is 23.1. The highest BCUT2D eigenvalue weighted by atomic mass is 19.4. The number of carbonyl (C=O) groups is 1. The van der Waals surface area contributed by atoms with Gasteiger partial charge in [-0.05, 0) is 36.4 Å². The van der Waals surface area contributed by atoms with E-state index in [4.69, 9.17) is 52.1 Å². The van der Waals surface area contributed by atoms with E-state index < -0.39 is 23.3 Å². The molecule has 3 aromatic carbocycles. The van der Waals surface area contributed by atoms with Crippen LogP contribution >= 0.6 is 0 Å². The fourth-order valence-corrected chi connectivity index (χ4v) is 6.69. The van der Waals surface area contributed by atoms with Gasteiger partial charge in [-0.25, -0.2) is 4.79 Å². The van der Waals surface area contributed by atoms with E-state index in [1.54, 1.807) is 24.3 Å². The summed E-state index contributed by atoms with van der Waals surface area (Å²) in [6.07, 6.45) is -4.75. The van der Waals surface area contributed by atoms with E-state index in [1.807, 2.05) is 0 Å². The summed E-state index contributed by atoms with van der Waals surface area (Å²) >= 11 is 0. The van der Waals surface area contributed by atoms with Crippen molar-refractivity contribution in [1.29, 1.82) is 0 Å². The van der Waals surface area contributed by atoms with E-state index in [2.05, 4.69) is 0 Å². The monoisotopic (exact) mass is 822 g/mol. The largest absolute Gasteiger partial charge is 0.507 e. The Labute approximate surface area is 333 Å². The number of hydrogen-bond donors (Lipinski definition) is 2. The fourth-order valence-electron chi connectivity index (χ4n) is 6.69. The van der Waals surface area contributed by atoms with Crippen LogP contribution in [0, 0.1) is 0 Å². The normalized spacial score (nSPS) is 20.4. The lowest BCUT2D eigenvalue weighted by atomic mass is 9.77. The molecule has 318 valence electrons. The molecule has 3 aromatic rings. The molecule has 3 heterocycles. The van der Waals surface area contributed by atoms with Crippen molar-refractivity contribution in [3.8, 4) is 11.5 Å². The predicted molar refractivity (Wildman–Crippen MR) is 196 cm³/mol. The number of rotatable bonds is 2. The Kier molecular flexibility index (Phi) is 16.1.